The molecule has 0 aromatic carbocycles. The highest BCUT2D eigenvalue weighted by molar-refractivity contribution is 5.71. The molecule has 0 spiro atoms. The molecule has 0 saturated heterocycles. The van der Waals surface area contributed by atoms with E-state index in [0.29, 0.717) is 19.3 Å². The number of unbranched alkanes of at least 4 members (excludes halogenated alkanes) is 17. The Morgan fingerprint density at radius 3 is 1.00 bits per heavy atom. The van der Waals surface area contributed by atoms with Crippen molar-refractivity contribution in [2.45, 2.75) is 226 Å². The number of carbonyl (C=O) groups is 3. The van der Waals surface area contributed by atoms with Crippen LogP contribution in [0, 0.1) is 0 Å². The summed E-state index contributed by atoms with van der Waals surface area (Å²) in [5.74, 6) is -0.952. The molecule has 0 heterocycles. The van der Waals surface area contributed by atoms with Crippen molar-refractivity contribution in [1.29, 1.82) is 0 Å². The zero-order valence-corrected chi connectivity index (χ0v) is 40.1. The van der Waals surface area contributed by atoms with Gasteiger partial charge in [0.1, 0.15) is 13.2 Å². The second-order valence-electron chi connectivity index (χ2n) is 16.3. The zero-order valence-electron chi connectivity index (χ0n) is 40.1. The van der Waals surface area contributed by atoms with Crippen LogP contribution in [0.25, 0.3) is 0 Å². The minimum atomic E-state index is -0.798. The third-order valence-corrected chi connectivity index (χ3v) is 10.3. The van der Waals surface area contributed by atoms with Crippen LogP contribution in [0.15, 0.2) is 97.2 Å². The van der Waals surface area contributed by atoms with Crippen molar-refractivity contribution >= 4 is 17.9 Å². The van der Waals surface area contributed by atoms with E-state index in [2.05, 4.69) is 118 Å². The van der Waals surface area contributed by atoms with Gasteiger partial charge in [0.05, 0.1) is 0 Å². The molecule has 0 radical (unpaired) electrons. The Balaban J connectivity index is 4.45. The molecule has 1 atom stereocenters. The van der Waals surface area contributed by atoms with Crippen molar-refractivity contribution in [3.63, 3.8) is 0 Å². The average molecular weight is 861 g/mol. The quantitative estimate of drug-likeness (QED) is 0.0263. The Morgan fingerprint density at radius 2 is 0.629 bits per heavy atom. The summed E-state index contributed by atoms with van der Waals surface area (Å²) in [5, 5.41) is 0. The number of esters is 3. The largest absolute Gasteiger partial charge is 0.462 e. The van der Waals surface area contributed by atoms with E-state index in [9.17, 15) is 14.4 Å². The third-order valence-electron chi connectivity index (χ3n) is 10.3. The summed E-state index contributed by atoms with van der Waals surface area (Å²) in [4.78, 5) is 37.9. The van der Waals surface area contributed by atoms with E-state index in [-0.39, 0.29) is 31.1 Å². The van der Waals surface area contributed by atoms with Gasteiger partial charge in [-0.25, -0.2) is 0 Å². The Bertz CT molecular complexity index is 1260. The van der Waals surface area contributed by atoms with Crippen molar-refractivity contribution in [3.05, 3.63) is 97.2 Å². The van der Waals surface area contributed by atoms with E-state index < -0.39 is 6.10 Å². The first-order valence-corrected chi connectivity index (χ1v) is 25.2. The van der Waals surface area contributed by atoms with Gasteiger partial charge in [0.15, 0.2) is 6.10 Å². The monoisotopic (exact) mass is 861 g/mol. The van der Waals surface area contributed by atoms with E-state index in [1.54, 1.807) is 0 Å². The molecular weight excluding hydrogens is 769 g/mol. The van der Waals surface area contributed by atoms with Crippen molar-refractivity contribution in [2.24, 2.45) is 0 Å². The summed E-state index contributed by atoms with van der Waals surface area (Å²) in [6.45, 7) is 6.34. The topological polar surface area (TPSA) is 78.9 Å². The van der Waals surface area contributed by atoms with Crippen LogP contribution in [0.3, 0.4) is 0 Å². The standard InChI is InChI=1S/C56H92O6/c1-4-7-10-13-16-19-22-24-26-27-28-29-31-32-34-37-40-43-46-49-55(58)61-52-53(51-60-54(57)48-45-42-39-36-21-18-15-12-9-6-3)62-56(59)50-47-44-41-38-35-33-30-25-23-20-17-14-11-8-5-2/h7-8,10-11,16-17,19-20,24-26,28-30,32,34,53H,4-6,9,12-15,18,21-23,27,31,33,35-52H2,1-3H3/b10-7-,11-8-,19-16-,20-17-,26-24-,29-28-,30-25-,34-32-. The van der Waals surface area contributed by atoms with Crippen LogP contribution in [0.1, 0.15) is 220 Å². The number of allylic oxidation sites excluding steroid dienone is 16. The highest BCUT2D eigenvalue weighted by Crippen LogP contribution is 2.13. The lowest BCUT2D eigenvalue weighted by atomic mass is 10.1. The fraction of sp³-hybridized carbons (Fsp3) is 0.661. The Hall–Kier alpha value is -3.67. The van der Waals surface area contributed by atoms with Gasteiger partial charge in [0.25, 0.3) is 0 Å². The number of carbonyl (C=O) groups excluding carboxylic acids is 3. The van der Waals surface area contributed by atoms with E-state index in [4.69, 9.17) is 14.2 Å². The summed E-state index contributed by atoms with van der Waals surface area (Å²) in [7, 11) is 0. The van der Waals surface area contributed by atoms with E-state index in [1.165, 1.54) is 44.9 Å². The molecule has 0 N–H and O–H groups in total. The van der Waals surface area contributed by atoms with Gasteiger partial charge in [-0.1, -0.05) is 201 Å². The molecule has 0 bridgehead atoms. The smallest absolute Gasteiger partial charge is 0.306 e. The van der Waals surface area contributed by atoms with Crippen LogP contribution in [-0.4, -0.2) is 37.2 Å². The minimum absolute atomic E-state index is 0.0952. The van der Waals surface area contributed by atoms with Crippen molar-refractivity contribution in [1.82, 2.24) is 0 Å². The molecule has 62 heavy (non-hydrogen) atoms. The maximum absolute atomic E-state index is 12.8. The number of hydrogen-bond donors (Lipinski definition) is 0. The van der Waals surface area contributed by atoms with Crippen molar-refractivity contribution in [3.8, 4) is 0 Å². The molecule has 0 saturated carbocycles. The molecule has 0 aromatic heterocycles. The molecular formula is C56H92O6. The van der Waals surface area contributed by atoms with E-state index in [0.717, 1.165) is 135 Å². The van der Waals surface area contributed by atoms with Crippen molar-refractivity contribution in [2.75, 3.05) is 13.2 Å². The van der Waals surface area contributed by atoms with Crippen LogP contribution >= 0.6 is 0 Å². The lowest BCUT2D eigenvalue weighted by Crippen LogP contribution is -2.30. The number of rotatable bonds is 44. The first-order chi connectivity index (χ1) is 30.5. The fourth-order valence-corrected chi connectivity index (χ4v) is 6.60. The van der Waals surface area contributed by atoms with Gasteiger partial charge in [-0.15, -0.1) is 0 Å². The van der Waals surface area contributed by atoms with Gasteiger partial charge in [0, 0.05) is 19.3 Å². The summed E-state index contributed by atoms with van der Waals surface area (Å²) >= 11 is 0. The number of hydrogen-bond acceptors (Lipinski definition) is 6. The summed E-state index contributed by atoms with van der Waals surface area (Å²) in [6, 6.07) is 0. The third kappa shape index (κ3) is 47.4. The SMILES string of the molecule is CC/C=C\C/C=C\C/C=C\C/C=C\C/C=C\CCCCCC(=O)OCC(COC(=O)CCCCCCCCCCCC)OC(=O)CCCCCCC/C=C\C/C=C\C/C=C\CC. The Morgan fingerprint density at radius 1 is 0.339 bits per heavy atom. The number of ether oxygens (including phenoxy) is 3. The molecule has 0 rings (SSSR count). The van der Waals surface area contributed by atoms with Gasteiger partial charge in [0.2, 0.25) is 0 Å². The van der Waals surface area contributed by atoms with Crippen LogP contribution in [0.2, 0.25) is 0 Å². The molecule has 6 nitrogen and oxygen atoms in total. The predicted molar refractivity (Wildman–Crippen MR) is 265 cm³/mol. The maximum Gasteiger partial charge on any atom is 0.306 e. The van der Waals surface area contributed by atoms with Crippen LogP contribution in [-0.2, 0) is 28.6 Å². The molecule has 352 valence electrons. The molecule has 0 aliphatic rings. The fourth-order valence-electron chi connectivity index (χ4n) is 6.60. The molecule has 1 unspecified atom stereocenters. The van der Waals surface area contributed by atoms with Gasteiger partial charge in [-0.2, -0.15) is 0 Å². The maximum atomic E-state index is 12.8. The predicted octanol–water partition coefficient (Wildman–Crippen LogP) is 16.6. The lowest BCUT2D eigenvalue weighted by molar-refractivity contribution is -0.167. The lowest BCUT2D eigenvalue weighted by Gasteiger charge is -2.18. The second kappa shape index (κ2) is 50.0. The van der Waals surface area contributed by atoms with Gasteiger partial charge in [-0.3, -0.25) is 14.4 Å². The van der Waals surface area contributed by atoms with Crippen molar-refractivity contribution < 1.29 is 28.6 Å². The summed E-state index contributed by atoms with van der Waals surface area (Å²) < 4.78 is 16.7. The van der Waals surface area contributed by atoms with Gasteiger partial charge in [-0.05, 0) is 96.3 Å². The zero-order chi connectivity index (χ0) is 45.1. The molecule has 0 fully saturated rings. The molecule has 0 aromatic rings. The first kappa shape index (κ1) is 58.3. The highest BCUT2D eigenvalue weighted by Gasteiger charge is 2.19. The molecule has 0 aliphatic heterocycles. The minimum Gasteiger partial charge on any atom is -0.462 e. The van der Waals surface area contributed by atoms with Crippen LogP contribution in [0.4, 0.5) is 0 Å². The summed E-state index contributed by atoms with van der Waals surface area (Å²) in [6.07, 6.45) is 65.3. The Labute approximate surface area is 381 Å². The van der Waals surface area contributed by atoms with Gasteiger partial charge < -0.3 is 14.2 Å². The Kier molecular flexibility index (Phi) is 47.0. The molecule has 6 heteroatoms. The normalized spacial score (nSPS) is 12.9. The average Bonchev–Trinajstić information content (AvgIpc) is 3.27. The van der Waals surface area contributed by atoms with Crippen LogP contribution in [0.5, 0.6) is 0 Å². The first-order valence-electron chi connectivity index (χ1n) is 25.2. The molecule has 0 amide bonds. The van der Waals surface area contributed by atoms with E-state index in [1.807, 2.05) is 0 Å². The van der Waals surface area contributed by atoms with E-state index >= 15 is 0 Å². The second-order valence-corrected chi connectivity index (χ2v) is 16.3. The molecule has 0 aliphatic carbocycles. The van der Waals surface area contributed by atoms with Gasteiger partial charge >= 0.3 is 17.9 Å². The van der Waals surface area contributed by atoms with Crippen LogP contribution < -0.4 is 0 Å². The summed E-state index contributed by atoms with van der Waals surface area (Å²) in [5.41, 5.74) is 0. The highest BCUT2D eigenvalue weighted by atomic mass is 16.6.